The number of hydrogen-bond acceptors (Lipinski definition) is 0. The number of benzene rings is 3. The van der Waals surface area contributed by atoms with E-state index in [-0.39, 0.29) is 0 Å². The van der Waals surface area contributed by atoms with E-state index in [1.54, 1.807) is 21.5 Å². The van der Waals surface area contributed by atoms with E-state index in [9.17, 15) is 0 Å². The zero-order valence-electron chi connectivity index (χ0n) is 25.2. The van der Waals surface area contributed by atoms with Gasteiger partial charge in [0, 0.05) is 0 Å². The van der Waals surface area contributed by atoms with Gasteiger partial charge in [-0.1, -0.05) is 174 Å². The molecule has 0 aliphatic heterocycles. The van der Waals surface area contributed by atoms with Gasteiger partial charge in [0.2, 0.25) is 0 Å². The molecule has 0 aliphatic rings. The van der Waals surface area contributed by atoms with E-state index in [4.69, 9.17) is 0 Å². The maximum Gasteiger partial charge on any atom is 0.113 e. The van der Waals surface area contributed by atoms with Crippen molar-refractivity contribution in [3.8, 4) is 0 Å². The molecule has 0 heterocycles. The second-order valence-corrected chi connectivity index (χ2v) is 20.9. The maximum atomic E-state index is 2.63. The van der Waals surface area contributed by atoms with Crippen LogP contribution in [0, 0.1) is 0 Å². The lowest BCUT2D eigenvalue weighted by Crippen LogP contribution is -2.60. The van der Waals surface area contributed by atoms with Crippen LogP contribution >= 0.6 is 0 Å². The first kappa shape index (κ1) is 30.4. The summed E-state index contributed by atoms with van der Waals surface area (Å²) in [4.78, 5) is 0. The molecule has 0 radical (unpaired) electrons. The summed E-state index contributed by atoms with van der Waals surface area (Å²) in [5.41, 5.74) is 3.10. The van der Waals surface area contributed by atoms with E-state index >= 15 is 0 Å². The minimum atomic E-state index is -1.91. The second-order valence-electron chi connectivity index (χ2n) is 12.1. The Morgan fingerprint density at radius 2 is 1.05 bits per heavy atom. The Bertz CT molecular complexity index is 1050. The van der Waals surface area contributed by atoms with E-state index < -0.39 is 16.1 Å². The lowest BCUT2D eigenvalue weighted by Gasteiger charge is -2.33. The van der Waals surface area contributed by atoms with Crippen LogP contribution in [-0.4, -0.2) is 16.1 Å². The monoisotopic (exact) mass is 540 g/mol. The van der Waals surface area contributed by atoms with E-state index in [0.29, 0.717) is 0 Å². The Kier molecular flexibility index (Phi) is 11.9. The first-order valence-electron chi connectivity index (χ1n) is 15.3. The Morgan fingerprint density at radius 3 is 1.53 bits per heavy atom. The minimum absolute atomic E-state index is 1.18. The van der Waals surface area contributed by atoms with Gasteiger partial charge in [-0.25, -0.2) is 0 Å². The van der Waals surface area contributed by atoms with Crippen LogP contribution in [0.1, 0.15) is 82.8 Å². The van der Waals surface area contributed by atoms with Crippen molar-refractivity contribution in [1.82, 2.24) is 0 Å². The Hall–Kier alpha value is -2.17. The second kappa shape index (κ2) is 14.8. The largest absolute Gasteiger partial charge is 0.113 e. The lowest BCUT2D eigenvalue weighted by molar-refractivity contribution is 0.667. The molecule has 0 spiro atoms. The summed E-state index contributed by atoms with van der Waals surface area (Å²) >= 11 is 0. The molecular formula is C36H52Si2. The molecule has 0 aromatic heterocycles. The fourth-order valence-corrected chi connectivity index (χ4v) is 11.4. The molecule has 38 heavy (non-hydrogen) atoms. The zero-order valence-corrected chi connectivity index (χ0v) is 27.2. The van der Waals surface area contributed by atoms with Gasteiger partial charge in [0.1, 0.15) is 16.1 Å². The van der Waals surface area contributed by atoms with Crippen LogP contribution in [0.5, 0.6) is 0 Å². The van der Waals surface area contributed by atoms with Gasteiger partial charge < -0.3 is 0 Å². The molecule has 0 amide bonds. The first-order chi connectivity index (χ1) is 18.3. The topological polar surface area (TPSA) is 0 Å². The molecule has 0 unspecified atom stereocenters. The maximum absolute atomic E-state index is 2.63. The Balaban J connectivity index is 2.18. The van der Waals surface area contributed by atoms with Crippen molar-refractivity contribution in [2.45, 2.75) is 104 Å². The molecule has 0 fully saturated rings. The van der Waals surface area contributed by atoms with E-state index in [2.05, 4.69) is 125 Å². The highest BCUT2D eigenvalue weighted by Crippen LogP contribution is 2.18. The van der Waals surface area contributed by atoms with Gasteiger partial charge in [-0.15, -0.1) is 0 Å². The molecule has 0 atom stereocenters. The van der Waals surface area contributed by atoms with Crippen molar-refractivity contribution in [1.29, 1.82) is 0 Å². The molecule has 3 aromatic rings. The summed E-state index contributed by atoms with van der Waals surface area (Å²) in [6, 6.07) is 28.0. The van der Waals surface area contributed by atoms with Gasteiger partial charge in [-0.3, -0.25) is 0 Å². The predicted octanol–water partition coefficient (Wildman–Crippen LogP) is 8.44. The molecule has 0 saturated carbocycles. The van der Waals surface area contributed by atoms with Crippen LogP contribution in [-0.2, 0) is 6.42 Å². The predicted molar refractivity (Wildman–Crippen MR) is 178 cm³/mol. The van der Waals surface area contributed by atoms with Crippen LogP contribution in [0.15, 0.2) is 78.9 Å². The molecule has 2 heteroatoms. The van der Waals surface area contributed by atoms with Gasteiger partial charge in [-0.2, -0.15) is 0 Å². The number of rotatable bonds is 15. The van der Waals surface area contributed by atoms with Crippen molar-refractivity contribution in [2.75, 3.05) is 0 Å². The van der Waals surface area contributed by atoms with Crippen molar-refractivity contribution in [3.05, 3.63) is 90.0 Å². The fraction of sp³-hybridized carbons (Fsp3) is 0.444. The third-order valence-corrected chi connectivity index (χ3v) is 15.5. The van der Waals surface area contributed by atoms with Crippen LogP contribution in [0.25, 0.3) is 6.08 Å². The molecular weight excluding hydrogens is 489 g/mol. The molecule has 3 aromatic carbocycles. The fourth-order valence-electron chi connectivity index (χ4n) is 5.74. The van der Waals surface area contributed by atoms with E-state index in [1.165, 1.54) is 74.6 Å². The molecule has 204 valence electrons. The minimum Gasteiger partial charge on any atom is -0.0840 e. The van der Waals surface area contributed by atoms with Gasteiger partial charge in [-0.05, 0) is 47.2 Å². The summed E-state index contributed by atoms with van der Waals surface area (Å²) < 4.78 is 0. The average molecular weight is 541 g/mol. The number of allylic oxidation sites excluding steroid dienone is 1. The van der Waals surface area contributed by atoms with Crippen molar-refractivity contribution in [2.24, 2.45) is 0 Å². The molecule has 0 bridgehead atoms. The van der Waals surface area contributed by atoms with E-state index in [1.807, 2.05) is 0 Å². The van der Waals surface area contributed by atoms with Gasteiger partial charge in [0.25, 0.3) is 0 Å². The normalized spacial score (nSPS) is 12.4. The molecule has 0 N–H and O–H groups in total. The highest BCUT2D eigenvalue weighted by molar-refractivity contribution is 7.03. The van der Waals surface area contributed by atoms with Crippen LogP contribution in [0.3, 0.4) is 0 Å². The summed E-state index contributed by atoms with van der Waals surface area (Å²) in [6.07, 6.45) is 17.9. The lowest BCUT2D eigenvalue weighted by atomic mass is 10.0. The van der Waals surface area contributed by atoms with Gasteiger partial charge >= 0.3 is 0 Å². The highest BCUT2D eigenvalue weighted by atomic mass is 28.3. The summed E-state index contributed by atoms with van der Waals surface area (Å²) in [6.45, 7) is 14.9. The van der Waals surface area contributed by atoms with E-state index in [0.717, 1.165) is 0 Å². The third kappa shape index (κ3) is 7.93. The smallest absolute Gasteiger partial charge is 0.0840 e. The molecule has 0 nitrogen and oxygen atoms in total. The van der Waals surface area contributed by atoms with Crippen molar-refractivity contribution >= 4 is 43.0 Å². The summed E-state index contributed by atoms with van der Waals surface area (Å²) in [5.74, 6) is 0. The first-order valence-corrected chi connectivity index (χ1v) is 21.3. The Morgan fingerprint density at radius 1 is 0.579 bits per heavy atom. The summed E-state index contributed by atoms with van der Waals surface area (Å²) in [5, 5.41) is 6.33. The third-order valence-electron chi connectivity index (χ3n) is 8.41. The van der Waals surface area contributed by atoms with Crippen LogP contribution in [0.2, 0.25) is 26.2 Å². The highest BCUT2D eigenvalue weighted by Gasteiger charge is 2.34. The van der Waals surface area contributed by atoms with Crippen molar-refractivity contribution < 1.29 is 0 Å². The zero-order chi connectivity index (χ0) is 27.4. The molecule has 0 aliphatic carbocycles. The van der Waals surface area contributed by atoms with Crippen LogP contribution < -0.4 is 20.7 Å². The average Bonchev–Trinajstić information content (AvgIpc) is 2.94. The van der Waals surface area contributed by atoms with Crippen molar-refractivity contribution in [3.63, 3.8) is 0 Å². The van der Waals surface area contributed by atoms with Crippen LogP contribution in [0.4, 0.5) is 0 Å². The molecule has 3 rings (SSSR count). The molecule has 0 saturated heterocycles. The SMILES string of the molecule is CCCCCC/C=C/c1c([Si](C)(C)c2ccccc2)cc(CCCCCC)cc1[Si](C)(C)c1ccccc1. The quantitative estimate of drug-likeness (QED) is 0.134. The Labute approximate surface area is 236 Å². The van der Waals surface area contributed by atoms with Gasteiger partial charge in [0.15, 0.2) is 0 Å². The number of hydrogen-bond donors (Lipinski definition) is 0. The standard InChI is InChI=1S/C36H52Si2/c1-7-9-11-13-14-22-28-34-35(37(3,4)32-24-18-15-19-25-32)29-31(23-17-12-10-8-2)30-36(34)38(5,6)33-26-20-16-21-27-33/h15-16,18-22,24-30H,7-14,17,23H2,1-6H3/b28-22+. The number of aryl methyl sites for hydroxylation is 1. The number of unbranched alkanes of at least 4 members (excludes halogenated alkanes) is 7. The summed E-state index contributed by atoms with van der Waals surface area (Å²) in [7, 11) is -3.81. The van der Waals surface area contributed by atoms with Gasteiger partial charge in [0.05, 0.1) is 0 Å².